The predicted octanol–water partition coefficient (Wildman–Crippen LogP) is -0.286. The molecule has 0 amide bonds. The predicted molar refractivity (Wildman–Crippen MR) is 51.4 cm³/mol. The number of nitrogens with two attached hydrogens (primary N) is 2. The van der Waals surface area contributed by atoms with E-state index in [0.717, 1.165) is 0 Å². The summed E-state index contributed by atoms with van der Waals surface area (Å²) in [6.07, 6.45) is -1.61. The number of benzene rings is 1. The molecule has 2 atom stereocenters. The quantitative estimate of drug-likeness (QED) is 0.497. The highest BCUT2D eigenvalue weighted by molar-refractivity contribution is 5.73. The van der Waals surface area contributed by atoms with Crippen molar-refractivity contribution < 1.29 is 15.0 Å². The van der Waals surface area contributed by atoms with E-state index in [1.54, 1.807) is 18.2 Å². The molecule has 14 heavy (non-hydrogen) atoms. The molecule has 0 radical (unpaired) electrons. The highest BCUT2D eigenvalue weighted by Gasteiger charge is 2.23. The van der Waals surface area contributed by atoms with Gasteiger partial charge in [0.1, 0.15) is 0 Å². The molecule has 6 N–H and O–H groups in total. The molecular weight excluding hydrogens is 184 g/mol. The molecule has 0 unspecified atom stereocenters. The third-order valence-electron chi connectivity index (χ3n) is 1.89. The number of hydrogen-bond acceptors (Lipinski definition) is 4. The molecular formula is C9H12N2O3. The van der Waals surface area contributed by atoms with E-state index < -0.39 is 18.1 Å². The zero-order chi connectivity index (χ0) is 10.7. The van der Waals surface area contributed by atoms with Gasteiger partial charge in [-0.2, -0.15) is 0 Å². The van der Waals surface area contributed by atoms with Gasteiger partial charge in [-0.25, -0.2) is 4.79 Å². The van der Waals surface area contributed by atoms with Gasteiger partial charge >= 0.3 is 5.97 Å². The van der Waals surface area contributed by atoms with Crippen LogP contribution in [0.2, 0.25) is 0 Å². The molecule has 1 aromatic carbocycles. The van der Waals surface area contributed by atoms with Gasteiger partial charge in [-0.3, -0.25) is 0 Å². The average Bonchev–Trinajstić information content (AvgIpc) is 2.15. The van der Waals surface area contributed by atoms with Crippen LogP contribution in [-0.4, -0.2) is 22.3 Å². The lowest BCUT2D eigenvalue weighted by Gasteiger charge is -2.15. The van der Waals surface area contributed by atoms with Crippen molar-refractivity contribution in [3.05, 3.63) is 29.8 Å². The van der Waals surface area contributed by atoms with Gasteiger partial charge in [0, 0.05) is 5.69 Å². The molecule has 1 rings (SSSR count). The minimum atomic E-state index is -1.61. The zero-order valence-corrected chi connectivity index (χ0v) is 7.42. The third-order valence-corrected chi connectivity index (χ3v) is 1.89. The molecule has 1 aromatic rings. The summed E-state index contributed by atoms with van der Waals surface area (Å²) in [6.45, 7) is 0. The van der Waals surface area contributed by atoms with Crippen molar-refractivity contribution in [2.75, 3.05) is 5.73 Å². The highest BCUT2D eigenvalue weighted by atomic mass is 16.4. The summed E-state index contributed by atoms with van der Waals surface area (Å²) in [4.78, 5) is 10.4. The normalized spacial score (nSPS) is 14.7. The average molecular weight is 196 g/mol. The van der Waals surface area contributed by atoms with Crippen molar-refractivity contribution in [3.63, 3.8) is 0 Å². The number of carboxylic acid groups (broad SMARTS) is 1. The molecule has 0 aliphatic carbocycles. The first-order valence-corrected chi connectivity index (χ1v) is 4.04. The van der Waals surface area contributed by atoms with Crippen LogP contribution < -0.4 is 11.5 Å². The van der Waals surface area contributed by atoms with Crippen LogP contribution in [0.1, 0.15) is 11.6 Å². The fourth-order valence-electron chi connectivity index (χ4n) is 1.10. The lowest BCUT2D eigenvalue weighted by Crippen LogP contribution is -2.33. The Morgan fingerprint density at radius 1 is 1.43 bits per heavy atom. The van der Waals surface area contributed by atoms with Gasteiger partial charge in [0.25, 0.3) is 0 Å². The Morgan fingerprint density at radius 2 is 2.07 bits per heavy atom. The molecule has 5 heteroatoms. The SMILES string of the molecule is Nc1cccc([C@H](N)[C@@H](O)C(=O)O)c1. The minimum absolute atomic E-state index is 0.482. The van der Waals surface area contributed by atoms with E-state index >= 15 is 0 Å². The second-order valence-electron chi connectivity index (χ2n) is 2.98. The van der Waals surface area contributed by atoms with Crippen LogP contribution in [0.15, 0.2) is 24.3 Å². The van der Waals surface area contributed by atoms with Crippen LogP contribution in [0.25, 0.3) is 0 Å². The number of anilines is 1. The molecule has 0 heterocycles. The van der Waals surface area contributed by atoms with Crippen molar-refractivity contribution in [2.24, 2.45) is 5.73 Å². The Kier molecular flexibility index (Phi) is 3.06. The summed E-state index contributed by atoms with van der Waals surface area (Å²) in [5, 5.41) is 17.7. The summed E-state index contributed by atoms with van der Waals surface area (Å²) < 4.78 is 0. The number of carboxylic acids is 1. The Hall–Kier alpha value is -1.59. The molecule has 0 saturated carbocycles. The second kappa shape index (κ2) is 4.08. The van der Waals surface area contributed by atoms with Gasteiger partial charge < -0.3 is 21.7 Å². The minimum Gasteiger partial charge on any atom is -0.479 e. The Labute approximate surface area is 81.0 Å². The smallest absolute Gasteiger partial charge is 0.334 e. The van der Waals surface area contributed by atoms with E-state index in [1.165, 1.54) is 6.07 Å². The maximum Gasteiger partial charge on any atom is 0.334 e. The van der Waals surface area contributed by atoms with Crippen LogP contribution in [0.3, 0.4) is 0 Å². The third kappa shape index (κ3) is 2.21. The molecule has 0 aliphatic rings. The number of hydrogen-bond donors (Lipinski definition) is 4. The molecule has 0 aromatic heterocycles. The summed E-state index contributed by atoms with van der Waals surface area (Å²) in [5.41, 5.74) is 12.0. The molecule has 5 nitrogen and oxygen atoms in total. The Morgan fingerprint density at radius 3 is 2.57 bits per heavy atom. The summed E-state index contributed by atoms with van der Waals surface area (Å²) in [7, 11) is 0. The van der Waals surface area contributed by atoms with Crippen molar-refractivity contribution in [2.45, 2.75) is 12.1 Å². The molecule has 0 spiro atoms. The number of carbonyl (C=O) groups is 1. The molecule has 0 aliphatic heterocycles. The van der Waals surface area contributed by atoms with E-state index in [1.807, 2.05) is 0 Å². The topological polar surface area (TPSA) is 110 Å². The highest BCUT2D eigenvalue weighted by Crippen LogP contribution is 2.16. The fourth-order valence-corrected chi connectivity index (χ4v) is 1.10. The van der Waals surface area contributed by atoms with Crippen molar-refractivity contribution in [1.82, 2.24) is 0 Å². The largest absolute Gasteiger partial charge is 0.479 e. The van der Waals surface area contributed by atoms with E-state index in [4.69, 9.17) is 16.6 Å². The van der Waals surface area contributed by atoms with Crippen LogP contribution in [0.5, 0.6) is 0 Å². The van der Waals surface area contributed by atoms with Gasteiger partial charge in [-0.1, -0.05) is 12.1 Å². The lowest BCUT2D eigenvalue weighted by atomic mass is 10.0. The van der Waals surface area contributed by atoms with E-state index in [9.17, 15) is 9.90 Å². The van der Waals surface area contributed by atoms with Gasteiger partial charge in [-0.05, 0) is 17.7 Å². The summed E-state index contributed by atoms with van der Waals surface area (Å²) in [5.74, 6) is -1.35. The zero-order valence-electron chi connectivity index (χ0n) is 7.42. The second-order valence-corrected chi connectivity index (χ2v) is 2.98. The number of aliphatic hydroxyl groups excluding tert-OH is 1. The van der Waals surface area contributed by atoms with E-state index in [-0.39, 0.29) is 0 Å². The van der Waals surface area contributed by atoms with Gasteiger partial charge in [-0.15, -0.1) is 0 Å². The van der Waals surface area contributed by atoms with Crippen LogP contribution in [0, 0.1) is 0 Å². The molecule has 0 fully saturated rings. The number of aliphatic hydroxyl groups is 1. The Balaban J connectivity index is 2.89. The number of nitrogen functional groups attached to an aromatic ring is 1. The van der Waals surface area contributed by atoms with Crippen molar-refractivity contribution >= 4 is 11.7 Å². The maximum atomic E-state index is 10.4. The first kappa shape index (κ1) is 10.5. The van der Waals surface area contributed by atoms with Crippen molar-refractivity contribution in [1.29, 1.82) is 0 Å². The van der Waals surface area contributed by atoms with E-state index in [0.29, 0.717) is 11.3 Å². The number of rotatable bonds is 3. The molecule has 0 saturated heterocycles. The maximum absolute atomic E-state index is 10.4. The molecule has 0 bridgehead atoms. The first-order chi connectivity index (χ1) is 6.52. The number of aliphatic carboxylic acids is 1. The Bertz CT molecular complexity index is 341. The lowest BCUT2D eigenvalue weighted by molar-refractivity contribution is -0.147. The van der Waals surface area contributed by atoms with Crippen LogP contribution >= 0.6 is 0 Å². The summed E-state index contributed by atoms with van der Waals surface area (Å²) >= 11 is 0. The molecule has 76 valence electrons. The van der Waals surface area contributed by atoms with Gasteiger partial charge in [0.2, 0.25) is 0 Å². The van der Waals surface area contributed by atoms with Crippen molar-refractivity contribution in [3.8, 4) is 0 Å². The van der Waals surface area contributed by atoms with Gasteiger partial charge in [0.15, 0.2) is 6.10 Å². The van der Waals surface area contributed by atoms with Crippen LogP contribution in [0.4, 0.5) is 5.69 Å². The summed E-state index contributed by atoms with van der Waals surface area (Å²) in [6, 6.07) is 5.50. The fraction of sp³-hybridized carbons (Fsp3) is 0.222. The van der Waals surface area contributed by atoms with E-state index in [2.05, 4.69) is 0 Å². The monoisotopic (exact) mass is 196 g/mol. The standard InChI is InChI=1S/C9H12N2O3/c10-6-3-1-2-5(4-6)7(11)8(12)9(13)14/h1-4,7-8,12H,10-11H2,(H,13,14)/t7-,8+/m0/s1. The van der Waals surface area contributed by atoms with Gasteiger partial charge in [0.05, 0.1) is 6.04 Å². The first-order valence-electron chi connectivity index (χ1n) is 4.04. The van der Waals surface area contributed by atoms with Crippen LogP contribution in [-0.2, 0) is 4.79 Å².